The standard InChI is InChI=1S/C17H19NO3/c1-18-11-10-14(13-6-3-2-4-7-13)21-16-9-5-8-15-17(16)20-12-19-15/h2-9,14,18H,10-12H2,1H3/t14-/m0/s1. The second-order valence-corrected chi connectivity index (χ2v) is 4.90. The number of nitrogens with one attached hydrogen (secondary N) is 1. The Morgan fingerprint density at radius 2 is 1.95 bits per heavy atom. The van der Waals surface area contributed by atoms with Gasteiger partial charge in [0.2, 0.25) is 12.5 Å². The molecule has 0 unspecified atom stereocenters. The Balaban J connectivity index is 1.83. The van der Waals surface area contributed by atoms with Crippen LogP contribution in [0.3, 0.4) is 0 Å². The fourth-order valence-electron chi connectivity index (χ4n) is 2.39. The lowest BCUT2D eigenvalue weighted by molar-refractivity contribution is 0.158. The molecule has 0 aromatic heterocycles. The Morgan fingerprint density at radius 1 is 1.10 bits per heavy atom. The van der Waals surface area contributed by atoms with Crippen molar-refractivity contribution < 1.29 is 14.2 Å². The predicted octanol–water partition coefficient (Wildman–Crippen LogP) is 3.14. The van der Waals surface area contributed by atoms with Crippen molar-refractivity contribution in [1.29, 1.82) is 0 Å². The number of fused-ring (bicyclic) bond motifs is 1. The van der Waals surface area contributed by atoms with Gasteiger partial charge in [-0.05, 0) is 31.3 Å². The molecule has 0 saturated heterocycles. The number of rotatable bonds is 6. The molecule has 1 N–H and O–H groups in total. The first-order valence-corrected chi connectivity index (χ1v) is 7.13. The molecule has 4 nitrogen and oxygen atoms in total. The van der Waals surface area contributed by atoms with E-state index in [-0.39, 0.29) is 12.9 Å². The van der Waals surface area contributed by atoms with Gasteiger partial charge in [-0.1, -0.05) is 36.4 Å². The van der Waals surface area contributed by atoms with E-state index in [4.69, 9.17) is 14.2 Å². The molecule has 0 bridgehead atoms. The summed E-state index contributed by atoms with van der Waals surface area (Å²) in [6.07, 6.45) is 0.861. The molecule has 110 valence electrons. The number of benzene rings is 2. The van der Waals surface area contributed by atoms with Gasteiger partial charge in [0.1, 0.15) is 6.10 Å². The molecule has 1 aliphatic rings. The Labute approximate surface area is 124 Å². The van der Waals surface area contributed by atoms with Crippen molar-refractivity contribution in [3.8, 4) is 17.2 Å². The monoisotopic (exact) mass is 285 g/mol. The summed E-state index contributed by atoms with van der Waals surface area (Å²) >= 11 is 0. The lowest BCUT2D eigenvalue weighted by Gasteiger charge is -2.20. The van der Waals surface area contributed by atoms with Gasteiger partial charge in [-0.2, -0.15) is 0 Å². The maximum Gasteiger partial charge on any atom is 0.231 e. The fourth-order valence-corrected chi connectivity index (χ4v) is 2.39. The van der Waals surface area contributed by atoms with Gasteiger partial charge >= 0.3 is 0 Å². The summed E-state index contributed by atoms with van der Waals surface area (Å²) in [5.41, 5.74) is 1.16. The summed E-state index contributed by atoms with van der Waals surface area (Å²) in [6, 6.07) is 16.0. The van der Waals surface area contributed by atoms with Crippen molar-refractivity contribution in [2.75, 3.05) is 20.4 Å². The van der Waals surface area contributed by atoms with E-state index < -0.39 is 0 Å². The molecular formula is C17H19NO3. The molecule has 1 aliphatic heterocycles. The Hall–Kier alpha value is -2.20. The number of hydrogen-bond donors (Lipinski definition) is 1. The molecule has 0 radical (unpaired) electrons. The first kappa shape index (κ1) is 13.8. The van der Waals surface area contributed by atoms with Crippen molar-refractivity contribution in [3.63, 3.8) is 0 Å². The normalized spacial score (nSPS) is 14.0. The summed E-state index contributed by atoms with van der Waals surface area (Å²) in [5.74, 6) is 2.17. The molecule has 1 atom stereocenters. The highest BCUT2D eigenvalue weighted by atomic mass is 16.7. The minimum Gasteiger partial charge on any atom is -0.482 e. The van der Waals surface area contributed by atoms with Crippen LogP contribution in [0.5, 0.6) is 17.2 Å². The zero-order valence-electron chi connectivity index (χ0n) is 12.0. The molecule has 0 saturated carbocycles. The molecular weight excluding hydrogens is 266 g/mol. The first-order valence-electron chi connectivity index (χ1n) is 7.13. The summed E-state index contributed by atoms with van der Waals surface area (Å²) in [4.78, 5) is 0. The zero-order chi connectivity index (χ0) is 14.5. The van der Waals surface area contributed by atoms with Gasteiger partial charge in [-0.3, -0.25) is 0 Å². The minimum absolute atomic E-state index is 0.0191. The number of para-hydroxylation sites is 1. The van der Waals surface area contributed by atoms with Crippen LogP contribution in [0.1, 0.15) is 18.1 Å². The van der Waals surface area contributed by atoms with E-state index in [2.05, 4.69) is 17.4 Å². The first-order chi connectivity index (χ1) is 10.4. The van der Waals surface area contributed by atoms with Crippen molar-refractivity contribution >= 4 is 0 Å². The van der Waals surface area contributed by atoms with Crippen LogP contribution < -0.4 is 19.5 Å². The summed E-state index contributed by atoms with van der Waals surface area (Å²) < 4.78 is 17.1. The van der Waals surface area contributed by atoms with Crippen molar-refractivity contribution in [2.24, 2.45) is 0 Å². The topological polar surface area (TPSA) is 39.7 Å². The molecule has 21 heavy (non-hydrogen) atoms. The van der Waals surface area contributed by atoms with Crippen LogP contribution in [0.25, 0.3) is 0 Å². The third-order valence-corrected chi connectivity index (χ3v) is 3.46. The van der Waals surface area contributed by atoms with Crippen LogP contribution in [0.4, 0.5) is 0 Å². The maximum atomic E-state index is 6.20. The number of hydrogen-bond acceptors (Lipinski definition) is 4. The van der Waals surface area contributed by atoms with E-state index in [1.165, 1.54) is 0 Å². The lowest BCUT2D eigenvalue weighted by atomic mass is 10.1. The fraction of sp³-hybridized carbons (Fsp3) is 0.294. The highest BCUT2D eigenvalue weighted by Crippen LogP contribution is 2.42. The SMILES string of the molecule is CNCC[C@H](Oc1cccc2c1OCO2)c1ccccc1. The van der Waals surface area contributed by atoms with Crippen LogP contribution in [0.2, 0.25) is 0 Å². The molecule has 2 aromatic rings. The third-order valence-electron chi connectivity index (χ3n) is 3.46. The van der Waals surface area contributed by atoms with Gasteiger partial charge in [0.15, 0.2) is 11.5 Å². The highest BCUT2D eigenvalue weighted by Gasteiger charge is 2.21. The molecule has 3 rings (SSSR count). The highest BCUT2D eigenvalue weighted by molar-refractivity contribution is 5.52. The molecule has 1 heterocycles. The Morgan fingerprint density at radius 3 is 2.76 bits per heavy atom. The minimum atomic E-state index is -0.0191. The van der Waals surface area contributed by atoms with Crippen LogP contribution >= 0.6 is 0 Å². The van der Waals surface area contributed by atoms with Crippen LogP contribution in [0.15, 0.2) is 48.5 Å². The van der Waals surface area contributed by atoms with Gasteiger partial charge < -0.3 is 19.5 Å². The quantitative estimate of drug-likeness (QED) is 0.885. The molecule has 0 aliphatic carbocycles. The largest absolute Gasteiger partial charge is 0.482 e. The summed E-state index contributed by atoms with van der Waals surface area (Å²) in [5, 5.41) is 3.17. The number of ether oxygens (including phenoxy) is 3. The van der Waals surface area contributed by atoms with E-state index in [1.807, 2.05) is 43.4 Å². The third kappa shape index (κ3) is 3.11. The van der Waals surface area contributed by atoms with Crippen LogP contribution in [-0.2, 0) is 0 Å². The Kier molecular flexibility index (Phi) is 4.26. The molecule has 0 spiro atoms. The molecule has 2 aromatic carbocycles. The lowest BCUT2D eigenvalue weighted by Crippen LogP contribution is -2.16. The average molecular weight is 285 g/mol. The van der Waals surface area contributed by atoms with Gasteiger partial charge in [0.25, 0.3) is 0 Å². The summed E-state index contributed by atoms with van der Waals surface area (Å²) in [7, 11) is 1.94. The van der Waals surface area contributed by atoms with Gasteiger partial charge in [0.05, 0.1) is 0 Å². The van der Waals surface area contributed by atoms with Crippen LogP contribution in [0, 0.1) is 0 Å². The summed E-state index contributed by atoms with van der Waals surface area (Å²) in [6.45, 7) is 1.13. The van der Waals surface area contributed by atoms with E-state index >= 15 is 0 Å². The van der Waals surface area contributed by atoms with Gasteiger partial charge in [0, 0.05) is 6.42 Å². The van der Waals surface area contributed by atoms with E-state index in [0.29, 0.717) is 5.75 Å². The molecule has 4 heteroatoms. The van der Waals surface area contributed by atoms with Crippen molar-refractivity contribution in [2.45, 2.75) is 12.5 Å². The van der Waals surface area contributed by atoms with Crippen molar-refractivity contribution in [3.05, 3.63) is 54.1 Å². The van der Waals surface area contributed by atoms with Crippen molar-refractivity contribution in [1.82, 2.24) is 5.32 Å². The average Bonchev–Trinajstić information content (AvgIpc) is 3.01. The smallest absolute Gasteiger partial charge is 0.231 e. The second kappa shape index (κ2) is 6.50. The molecule has 0 fully saturated rings. The second-order valence-electron chi connectivity index (χ2n) is 4.90. The predicted molar refractivity (Wildman–Crippen MR) is 80.9 cm³/mol. The van der Waals surface area contributed by atoms with Gasteiger partial charge in [-0.25, -0.2) is 0 Å². The Bertz CT molecular complexity index is 586. The maximum absolute atomic E-state index is 6.20. The van der Waals surface area contributed by atoms with Gasteiger partial charge in [-0.15, -0.1) is 0 Å². The van der Waals surface area contributed by atoms with E-state index in [1.54, 1.807) is 0 Å². The van der Waals surface area contributed by atoms with Crippen LogP contribution in [-0.4, -0.2) is 20.4 Å². The molecule has 0 amide bonds. The zero-order valence-corrected chi connectivity index (χ0v) is 12.0. The van der Waals surface area contributed by atoms with E-state index in [9.17, 15) is 0 Å². The van der Waals surface area contributed by atoms with E-state index in [0.717, 1.165) is 30.0 Å².